The van der Waals surface area contributed by atoms with Crippen LogP contribution in [0.2, 0.25) is 0 Å². The average molecular weight is 484 g/mol. The van der Waals surface area contributed by atoms with Gasteiger partial charge in [-0.25, -0.2) is 8.42 Å². The maximum atomic E-state index is 14.0. The summed E-state index contributed by atoms with van der Waals surface area (Å²) in [7, 11) is -4.49. The second-order valence-electron chi connectivity index (χ2n) is 8.22. The monoisotopic (exact) mass is 483 g/mol. The summed E-state index contributed by atoms with van der Waals surface area (Å²) in [6.07, 6.45) is -4.88. The van der Waals surface area contributed by atoms with Gasteiger partial charge in [-0.05, 0) is 57.4 Å². The lowest BCUT2D eigenvalue weighted by molar-refractivity contribution is -0.384. The Morgan fingerprint density at radius 2 is 1.64 bits per heavy atom. The summed E-state index contributed by atoms with van der Waals surface area (Å²) in [6.45, 7) is 7.38. The summed E-state index contributed by atoms with van der Waals surface area (Å²) < 4.78 is 71.2. The van der Waals surface area contributed by atoms with Gasteiger partial charge in [0.1, 0.15) is 6.04 Å². The van der Waals surface area contributed by atoms with Crippen molar-refractivity contribution in [2.75, 3.05) is 0 Å². The number of halogens is 3. The Hall–Kier alpha value is -2.92. The molecule has 0 spiro atoms. The van der Waals surface area contributed by atoms with Crippen molar-refractivity contribution in [3.05, 3.63) is 68.4 Å². The number of nitro benzene ring substituents is 1. The Balaban J connectivity index is 2.07. The van der Waals surface area contributed by atoms with Gasteiger partial charge in [0.25, 0.3) is 5.69 Å². The number of fused-ring (bicyclic) bond motifs is 1. The number of nitro groups is 1. The van der Waals surface area contributed by atoms with E-state index in [0.29, 0.717) is 33.3 Å². The molecule has 1 aromatic heterocycles. The van der Waals surface area contributed by atoms with Crippen LogP contribution in [0.3, 0.4) is 0 Å². The molecule has 0 aliphatic rings. The van der Waals surface area contributed by atoms with E-state index in [0.717, 1.165) is 5.56 Å². The van der Waals surface area contributed by atoms with Crippen LogP contribution < -0.4 is 4.72 Å². The third kappa shape index (κ3) is 4.74. The molecule has 178 valence electrons. The van der Waals surface area contributed by atoms with Crippen LogP contribution in [0.4, 0.5) is 18.9 Å². The summed E-state index contributed by atoms with van der Waals surface area (Å²) in [4.78, 5) is 10.3. The second-order valence-corrected chi connectivity index (χ2v) is 9.87. The number of hydrogen-bond donors (Lipinski definition) is 1. The SMILES string of the molecule is Cc1cc(C)c(S(=O)(=O)NC(Cn2c(C)c(C)c3cc([N+](=O)[O-])ccc32)C(F)(F)F)c(C)c1. The third-order valence-electron chi connectivity index (χ3n) is 5.76. The van der Waals surface area contributed by atoms with Crippen LogP contribution >= 0.6 is 0 Å². The normalized spacial score (nSPS) is 13.5. The van der Waals surface area contributed by atoms with E-state index in [1.54, 1.807) is 32.9 Å². The predicted octanol–water partition coefficient (Wildman–Crippen LogP) is 5.00. The topological polar surface area (TPSA) is 94.2 Å². The van der Waals surface area contributed by atoms with E-state index >= 15 is 0 Å². The molecule has 2 aromatic carbocycles. The Morgan fingerprint density at radius 1 is 1.06 bits per heavy atom. The lowest BCUT2D eigenvalue weighted by Gasteiger charge is -2.24. The highest BCUT2D eigenvalue weighted by atomic mass is 32.2. The van der Waals surface area contributed by atoms with Gasteiger partial charge in [-0.2, -0.15) is 17.9 Å². The van der Waals surface area contributed by atoms with Gasteiger partial charge in [0.15, 0.2) is 0 Å². The Morgan fingerprint density at radius 3 is 2.15 bits per heavy atom. The van der Waals surface area contributed by atoms with Crippen molar-refractivity contribution in [1.29, 1.82) is 0 Å². The van der Waals surface area contributed by atoms with Crippen LogP contribution in [-0.2, 0) is 16.6 Å². The number of nitrogens with zero attached hydrogens (tertiary/aromatic N) is 2. The molecule has 1 unspecified atom stereocenters. The van der Waals surface area contributed by atoms with Crippen molar-refractivity contribution < 1.29 is 26.5 Å². The van der Waals surface area contributed by atoms with E-state index in [9.17, 15) is 31.7 Å². The summed E-state index contributed by atoms with van der Waals surface area (Å²) >= 11 is 0. The van der Waals surface area contributed by atoms with Crippen molar-refractivity contribution >= 4 is 26.6 Å². The molecule has 0 radical (unpaired) electrons. The highest BCUT2D eigenvalue weighted by molar-refractivity contribution is 7.89. The third-order valence-corrected chi connectivity index (χ3v) is 7.54. The number of hydrogen-bond acceptors (Lipinski definition) is 4. The van der Waals surface area contributed by atoms with Crippen molar-refractivity contribution in [2.24, 2.45) is 0 Å². The molecule has 0 aliphatic carbocycles. The molecule has 7 nitrogen and oxygen atoms in total. The molecule has 1 N–H and O–H groups in total. The largest absolute Gasteiger partial charge is 0.406 e. The average Bonchev–Trinajstić information content (AvgIpc) is 2.89. The van der Waals surface area contributed by atoms with Crippen molar-refractivity contribution in [3.63, 3.8) is 0 Å². The van der Waals surface area contributed by atoms with Crippen LogP contribution in [0.25, 0.3) is 10.9 Å². The fourth-order valence-corrected chi connectivity index (χ4v) is 5.88. The molecule has 3 aromatic rings. The highest BCUT2D eigenvalue weighted by Crippen LogP contribution is 2.32. The van der Waals surface area contributed by atoms with E-state index in [-0.39, 0.29) is 10.6 Å². The lowest BCUT2D eigenvalue weighted by Crippen LogP contribution is -2.48. The molecular formula is C22H24F3N3O4S. The maximum absolute atomic E-state index is 14.0. The minimum atomic E-state index is -4.88. The highest BCUT2D eigenvalue weighted by Gasteiger charge is 2.43. The van der Waals surface area contributed by atoms with Crippen molar-refractivity contribution in [1.82, 2.24) is 9.29 Å². The van der Waals surface area contributed by atoms with Crippen LogP contribution in [0.1, 0.15) is 27.9 Å². The maximum Gasteiger partial charge on any atom is 0.406 e. The number of aryl methyl sites for hydroxylation is 4. The van der Waals surface area contributed by atoms with Crippen LogP contribution in [0.15, 0.2) is 35.2 Å². The Bertz CT molecular complexity index is 1340. The molecule has 11 heteroatoms. The number of non-ortho nitro benzene ring substituents is 1. The summed E-state index contributed by atoms with van der Waals surface area (Å²) in [6, 6.07) is 4.69. The number of sulfonamides is 1. The first-order valence-electron chi connectivity index (χ1n) is 10.0. The van der Waals surface area contributed by atoms with E-state index < -0.39 is 33.7 Å². The number of benzene rings is 2. The second kappa shape index (κ2) is 8.45. The van der Waals surface area contributed by atoms with Gasteiger partial charge in [-0.15, -0.1) is 0 Å². The molecule has 1 heterocycles. The van der Waals surface area contributed by atoms with Gasteiger partial charge in [-0.3, -0.25) is 10.1 Å². The van der Waals surface area contributed by atoms with Gasteiger partial charge >= 0.3 is 6.18 Å². The zero-order chi connectivity index (χ0) is 24.9. The zero-order valence-electron chi connectivity index (χ0n) is 18.7. The number of aromatic nitrogens is 1. The van der Waals surface area contributed by atoms with E-state index in [2.05, 4.69) is 0 Å². The smallest absolute Gasteiger partial charge is 0.343 e. The first kappa shape index (κ1) is 24.7. The molecule has 0 fully saturated rings. The molecule has 0 bridgehead atoms. The first-order chi connectivity index (χ1) is 15.1. The molecule has 33 heavy (non-hydrogen) atoms. The van der Waals surface area contributed by atoms with Crippen molar-refractivity contribution in [3.8, 4) is 0 Å². The van der Waals surface area contributed by atoms with Gasteiger partial charge < -0.3 is 4.57 Å². The molecule has 0 aliphatic heterocycles. The van der Waals surface area contributed by atoms with Crippen LogP contribution in [0.5, 0.6) is 0 Å². The number of alkyl halides is 3. The Kier molecular flexibility index (Phi) is 6.33. The summed E-state index contributed by atoms with van der Waals surface area (Å²) in [5, 5.41) is 11.5. The molecule has 3 rings (SSSR count). The van der Waals surface area contributed by atoms with E-state index in [1.165, 1.54) is 36.6 Å². The number of nitrogens with one attached hydrogen (secondary N) is 1. The fourth-order valence-electron chi connectivity index (χ4n) is 4.21. The van der Waals surface area contributed by atoms with Crippen molar-refractivity contribution in [2.45, 2.75) is 58.3 Å². The fraction of sp³-hybridized carbons (Fsp3) is 0.364. The molecule has 0 amide bonds. The lowest BCUT2D eigenvalue weighted by atomic mass is 10.1. The molecular weight excluding hydrogens is 459 g/mol. The van der Waals surface area contributed by atoms with Gasteiger partial charge in [0, 0.05) is 35.3 Å². The van der Waals surface area contributed by atoms with Crippen LogP contribution in [0, 0.1) is 44.7 Å². The quantitative estimate of drug-likeness (QED) is 0.394. The summed E-state index contributed by atoms with van der Waals surface area (Å²) in [5.74, 6) is 0. The van der Waals surface area contributed by atoms with E-state index in [1.807, 2.05) is 4.72 Å². The standard InChI is InChI=1S/C22H24F3N3O4S/c1-12-8-13(2)21(14(3)9-12)33(31,32)26-20(22(23,24)25)11-27-16(5)15(4)18-10-17(28(29)30)6-7-19(18)27/h6-10,20,26H,11H2,1-5H3. The van der Waals surface area contributed by atoms with Gasteiger partial charge in [-0.1, -0.05) is 17.7 Å². The van der Waals surface area contributed by atoms with Gasteiger partial charge in [0.2, 0.25) is 10.0 Å². The Labute approximate surface area is 189 Å². The summed E-state index contributed by atoms with van der Waals surface area (Å²) in [5.41, 5.74) is 2.73. The zero-order valence-corrected chi connectivity index (χ0v) is 19.6. The minimum absolute atomic E-state index is 0.178. The number of rotatable bonds is 6. The van der Waals surface area contributed by atoms with Crippen LogP contribution in [-0.4, -0.2) is 30.1 Å². The molecule has 0 saturated heterocycles. The molecule has 1 atom stereocenters. The minimum Gasteiger partial charge on any atom is -0.343 e. The van der Waals surface area contributed by atoms with E-state index in [4.69, 9.17) is 0 Å². The molecule has 0 saturated carbocycles. The van der Waals surface area contributed by atoms with Gasteiger partial charge in [0.05, 0.1) is 9.82 Å². The first-order valence-corrected chi connectivity index (χ1v) is 11.5. The predicted molar refractivity (Wildman–Crippen MR) is 119 cm³/mol.